The summed E-state index contributed by atoms with van der Waals surface area (Å²) in [5.74, 6) is -1.04. The lowest BCUT2D eigenvalue weighted by Crippen LogP contribution is -1.97. The third-order valence-corrected chi connectivity index (χ3v) is 3.59. The van der Waals surface area contributed by atoms with Gasteiger partial charge >= 0.3 is 5.97 Å². The summed E-state index contributed by atoms with van der Waals surface area (Å²) in [6, 6.07) is 10.4. The highest BCUT2D eigenvalue weighted by molar-refractivity contribution is 7.99. The number of nitrogens with zero attached hydrogens (tertiary/aromatic N) is 2. The maximum Gasteiger partial charge on any atom is 0.335 e. The van der Waals surface area contributed by atoms with Gasteiger partial charge in [0.1, 0.15) is 10.2 Å². The lowest BCUT2D eigenvalue weighted by molar-refractivity contribution is 0.0696. The number of carbonyl (C=O) groups is 1. The zero-order chi connectivity index (χ0) is 14.1. The van der Waals surface area contributed by atoms with E-state index in [9.17, 15) is 4.79 Å². The van der Waals surface area contributed by atoms with Crippen LogP contribution >= 0.6 is 23.4 Å². The van der Waals surface area contributed by atoms with Crippen molar-refractivity contribution in [1.82, 2.24) is 15.0 Å². The van der Waals surface area contributed by atoms with Crippen molar-refractivity contribution < 1.29 is 9.90 Å². The number of aromatic carboxylic acids is 1. The Morgan fingerprint density at radius 1 is 1.25 bits per heavy atom. The number of fused-ring (bicyclic) bond motifs is 1. The molecule has 0 unspecified atom stereocenters. The average molecular weight is 306 g/mol. The summed E-state index contributed by atoms with van der Waals surface area (Å²) in [5, 5.41) is 10.3. The fourth-order valence-corrected chi connectivity index (χ4v) is 2.82. The molecule has 0 saturated heterocycles. The monoisotopic (exact) mass is 305 g/mol. The highest BCUT2D eigenvalue weighted by atomic mass is 35.5. The van der Waals surface area contributed by atoms with Gasteiger partial charge in [0.05, 0.1) is 16.6 Å². The fraction of sp³-hybridized carbons (Fsp3) is 0. The molecule has 0 bridgehead atoms. The van der Waals surface area contributed by atoms with E-state index in [2.05, 4.69) is 15.0 Å². The minimum absolute atomic E-state index is 0.101. The molecule has 2 heterocycles. The van der Waals surface area contributed by atoms with E-state index in [1.165, 1.54) is 23.9 Å². The van der Waals surface area contributed by atoms with Crippen molar-refractivity contribution in [3.05, 3.63) is 47.1 Å². The van der Waals surface area contributed by atoms with Gasteiger partial charge in [0.15, 0.2) is 5.16 Å². The van der Waals surface area contributed by atoms with Crippen molar-refractivity contribution in [2.75, 3.05) is 0 Å². The van der Waals surface area contributed by atoms with Crippen molar-refractivity contribution in [3.63, 3.8) is 0 Å². The van der Waals surface area contributed by atoms with Gasteiger partial charge in [-0.3, -0.25) is 0 Å². The number of carboxylic acids is 1. The van der Waals surface area contributed by atoms with Crippen LogP contribution in [0.5, 0.6) is 0 Å². The summed E-state index contributed by atoms with van der Waals surface area (Å²) in [7, 11) is 0. The smallest absolute Gasteiger partial charge is 0.335 e. The van der Waals surface area contributed by atoms with Crippen LogP contribution in [0.25, 0.3) is 11.0 Å². The van der Waals surface area contributed by atoms with Crippen LogP contribution in [-0.2, 0) is 0 Å². The summed E-state index contributed by atoms with van der Waals surface area (Å²) >= 11 is 7.05. The molecule has 0 aliphatic carbocycles. The summed E-state index contributed by atoms with van der Waals surface area (Å²) in [6.07, 6.45) is 0. The molecule has 0 atom stereocenters. The van der Waals surface area contributed by atoms with Gasteiger partial charge in [-0.15, -0.1) is 0 Å². The number of hydrogen-bond acceptors (Lipinski definition) is 4. The molecule has 0 fully saturated rings. The maximum atomic E-state index is 11.0. The minimum Gasteiger partial charge on any atom is -0.478 e. The lowest BCUT2D eigenvalue weighted by Gasteiger charge is -2.00. The van der Waals surface area contributed by atoms with Crippen LogP contribution in [0.1, 0.15) is 10.4 Å². The van der Waals surface area contributed by atoms with Gasteiger partial charge in [-0.2, -0.15) is 0 Å². The van der Waals surface area contributed by atoms with Gasteiger partial charge in [0.2, 0.25) is 0 Å². The second-order valence-corrected chi connectivity index (χ2v) is 5.38. The first kappa shape index (κ1) is 13.0. The lowest BCUT2D eigenvalue weighted by atomic mass is 10.3. The van der Waals surface area contributed by atoms with Crippen LogP contribution in [0.15, 0.2) is 46.6 Å². The number of para-hydroxylation sites is 2. The molecule has 0 spiro atoms. The molecular formula is C13H8ClN3O2S. The van der Waals surface area contributed by atoms with E-state index in [1.807, 2.05) is 24.3 Å². The number of pyridine rings is 1. The number of rotatable bonds is 3. The van der Waals surface area contributed by atoms with E-state index >= 15 is 0 Å². The summed E-state index contributed by atoms with van der Waals surface area (Å²) in [6.45, 7) is 0. The third kappa shape index (κ3) is 2.61. The van der Waals surface area contributed by atoms with Crippen molar-refractivity contribution in [1.29, 1.82) is 0 Å². The van der Waals surface area contributed by atoms with Gasteiger partial charge < -0.3 is 10.1 Å². The molecule has 0 saturated carbocycles. The van der Waals surface area contributed by atoms with Crippen LogP contribution in [0.2, 0.25) is 5.15 Å². The minimum atomic E-state index is -1.04. The quantitative estimate of drug-likeness (QED) is 0.724. The predicted molar refractivity (Wildman–Crippen MR) is 76.4 cm³/mol. The number of H-pyrrole nitrogens is 1. The zero-order valence-electron chi connectivity index (χ0n) is 10.0. The first-order valence-electron chi connectivity index (χ1n) is 5.65. The van der Waals surface area contributed by atoms with E-state index in [4.69, 9.17) is 16.7 Å². The van der Waals surface area contributed by atoms with E-state index in [0.717, 1.165) is 11.0 Å². The highest BCUT2D eigenvalue weighted by Gasteiger charge is 2.10. The van der Waals surface area contributed by atoms with Gasteiger partial charge in [0, 0.05) is 0 Å². The van der Waals surface area contributed by atoms with Crippen LogP contribution in [0, 0.1) is 0 Å². The molecule has 0 aliphatic heterocycles. The molecule has 0 aliphatic rings. The third-order valence-electron chi connectivity index (χ3n) is 2.59. The topological polar surface area (TPSA) is 78.9 Å². The molecule has 2 N–H and O–H groups in total. The molecule has 2 aromatic heterocycles. The first-order valence-corrected chi connectivity index (χ1v) is 6.85. The number of carboxylic acid groups (broad SMARTS) is 1. The van der Waals surface area contributed by atoms with Crippen molar-refractivity contribution in [3.8, 4) is 0 Å². The number of benzene rings is 1. The van der Waals surface area contributed by atoms with Crippen LogP contribution in [0.3, 0.4) is 0 Å². The molecule has 20 heavy (non-hydrogen) atoms. The van der Waals surface area contributed by atoms with E-state index in [-0.39, 0.29) is 10.7 Å². The SMILES string of the molecule is O=C(O)c1cc(Cl)nc(Sc2nc3ccccc3[nH]2)c1. The number of halogens is 1. The molecule has 3 rings (SSSR count). The van der Waals surface area contributed by atoms with Gasteiger partial charge in [0.25, 0.3) is 0 Å². The normalized spacial score (nSPS) is 10.8. The second-order valence-electron chi connectivity index (χ2n) is 3.98. The maximum absolute atomic E-state index is 11.0. The summed E-state index contributed by atoms with van der Waals surface area (Å²) < 4.78 is 0. The Morgan fingerprint density at radius 3 is 2.80 bits per heavy atom. The van der Waals surface area contributed by atoms with Crippen molar-refractivity contribution in [2.45, 2.75) is 10.2 Å². The molecule has 100 valence electrons. The molecular weight excluding hydrogens is 298 g/mol. The van der Waals surface area contributed by atoms with Crippen LogP contribution in [-0.4, -0.2) is 26.0 Å². The highest BCUT2D eigenvalue weighted by Crippen LogP contribution is 2.27. The first-order chi connectivity index (χ1) is 9.61. The Morgan fingerprint density at radius 2 is 2.05 bits per heavy atom. The van der Waals surface area contributed by atoms with Gasteiger partial charge in [-0.25, -0.2) is 14.8 Å². The van der Waals surface area contributed by atoms with E-state index in [0.29, 0.717) is 10.2 Å². The molecule has 3 aromatic rings. The van der Waals surface area contributed by atoms with Crippen LogP contribution < -0.4 is 0 Å². The van der Waals surface area contributed by atoms with E-state index < -0.39 is 5.97 Å². The number of hydrogen-bond donors (Lipinski definition) is 2. The Hall–Kier alpha value is -2.05. The Labute approximate surface area is 123 Å². The Bertz CT molecular complexity index is 770. The predicted octanol–water partition coefficient (Wildman–Crippen LogP) is 3.46. The molecule has 0 amide bonds. The zero-order valence-corrected chi connectivity index (χ0v) is 11.6. The van der Waals surface area contributed by atoms with E-state index in [1.54, 1.807) is 0 Å². The Balaban J connectivity index is 1.96. The number of imidazole rings is 1. The van der Waals surface area contributed by atoms with Crippen molar-refractivity contribution in [2.24, 2.45) is 0 Å². The second kappa shape index (κ2) is 5.15. The molecule has 7 heteroatoms. The largest absolute Gasteiger partial charge is 0.478 e. The van der Waals surface area contributed by atoms with Crippen molar-refractivity contribution >= 4 is 40.4 Å². The summed E-state index contributed by atoms with van der Waals surface area (Å²) in [5.41, 5.74) is 1.86. The standard InChI is InChI=1S/C13H8ClN3O2S/c14-10-5-7(12(18)19)6-11(17-10)20-13-15-8-3-1-2-4-9(8)16-13/h1-6H,(H,15,16)(H,18,19). The molecule has 0 radical (unpaired) electrons. The number of aromatic amines is 1. The fourth-order valence-electron chi connectivity index (χ4n) is 1.73. The Kier molecular flexibility index (Phi) is 3.33. The summed E-state index contributed by atoms with van der Waals surface area (Å²) in [4.78, 5) is 22.6. The van der Waals surface area contributed by atoms with Crippen LogP contribution in [0.4, 0.5) is 0 Å². The number of nitrogens with one attached hydrogen (secondary N) is 1. The van der Waals surface area contributed by atoms with Gasteiger partial charge in [-0.1, -0.05) is 23.7 Å². The average Bonchev–Trinajstić information content (AvgIpc) is 2.79. The van der Waals surface area contributed by atoms with Gasteiger partial charge in [-0.05, 0) is 36.0 Å². The number of aromatic nitrogens is 3. The molecule has 1 aromatic carbocycles. The molecule has 5 nitrogen and oxygen atoms in total.